The van der Waals surface area contributed by atoms with E-state index in [2.05, 4.69) is 6.92 Å². The van der Waals surface area contributed by atoms with Gasteiger partial charge in [-0.15, -0.1) is 0 Å². The first-order valence-electron chi connectivity index (χ1n) is 7.24. The van der Waals surface area contributed by atoms with Gasteiger partial charge in [-0.1, -0.05) is 32.1 Å². The summed E-state index contributed by atoms with van der Waals surface area (Å²) in [6.45, 7) is 4.03. The van der Waals surface area contributed by atoms with Crippen LogP contribution in [0.1, 0.15) is 52.4 Å². The molecule has 19 heavy (non-hydrogen) atoms. The molecule has 1 amide bonds. The van der Waals surface area contributed by atoms with Crippen molar-refractivity contribution in [1.82, 2.24) is 4.90 Å². The zero-order valence-electron chi connectivity index (χ0n) is 11.9. The third-order valence-electron chi connectivity index (χ3n) is 4.38. The standard InChI is InChI=1S/C15H23NO3/c1-11(8-13-6-4-3-5-7-13)16(10-17)14-9-19-15(18)12(14)2/h10-11,13H,3-9H2,1-2H3/t11-/m1/s1. The van der Waals surface area contributed by atoms with Crippen LogP contribution in [0.25, 0.3) is 0 Å². The molecule has 4 heteroatoms. The van der Waals surface area contributed by atoms with Gasteiger partial charge in [0.1, 0.15) is 6.61 Å². The number of rotatable bonds is 5. The second-order valence-electron chi connectivity index (χ2n) is 5.75. The van der Waals surface area contributed by atoms with Crippen molar-refractivity contribution >= 4 is 12.4 Å². The normalized spacial score (nSPS) is 22.3. The third-order valence-corrected chi connectivity index (χ3v) is 4.38. The summed E-state index contributed by atoms with van der Waals surface area (Å²) in [5, 5.41) is 0. The van der Waals surface area contributed by atoms with E-state index in [1.165, 1.54) is 32.1 Å². The monoisotopic (exact) mass is 265 g/mol. The Labute approximate surface area is 114 Å². The Morgan fingerprint density at radius 3 is 2.58 bits per heavy atom. The Kier molecular flexibility index (Phi) is 4.61. The first-order valence-corrected chi connectivity index (χ1v) is 7.24. The summed E-state index contributed by atoms with van der Waals surface area (Å²) < 4.78 is 4.99. The maximum absolute atomic E-state index is 11.4. The van der Waals surface area contributed by atoms with Crippen molar-refractivity contribution in [3.8, 4) is 0 Å². The Hall–Kier alpha value is -1.32. The number of nitrogens with zero attached hydrogens (tertiary/aromatic N) is 1. The first kappa shape index (κ1) is 14.1. The summed E-state index contributed by atoms with van der Waals surface area (Å²) in [5.41, 5.74) is 1.31. The molecule has 2 rings (SSSR count). The van der Waals surface area contributed by atoms with Crippen molar-refractivity contribution in [3.63, 3.8) is 0 Å². The Bertz CT molecular complexity index is 383. The van der Waals surface area contributed by atoms with Crippen LogP contribution >= 0.6 is 0 Å². The number of esters is 1. The lowest BCUT2D eigenvalue weighted by atomic mass is 9.85. The van der Waals surface area contributed by atoms with Gasteiger partial charge in [0.25, 0.3) is 0 Å². The van der Waals surface area contributed by atoms with Gasteiger partial charge >= 0.3 is 5.97 Å². The maximum Gasteiger partial charge on any atom is 0.336 e. The number of hydrogen-bond donors (Lipinski definition) is 0. The summed E-state index contributed by atoms with van der Waals surface area (Å²) in [4.78, 5) is 24.4. The van der Waals surface area contributed by atoms with Crippen LogP contribution in [0, 0.1) is 5.92 Å². The van der Waals surface area contributed by atoms with Crippen LogP contribution in [0.4, 0.5) is 0 Å². The lowest BCUT2D eigenvalue weighted by Crippen LogP contribution is -2.34. The summed E-state index contributed by atoms with van der Waals surface area (Å²) >= 11 is 0. The van der Waals surface area contributed by atoms with Crippen molar-refractivity contribution in [3.05, 3.63) is 11.3 Å². The quantitative estimate of drug-likeness (QED) is 0.567. The Balaban J connectivity index is 2.00. The van der Waals surface area contributed by atoms with Gasteiger partial charge in [-0.25, -0.2) is 4.79 Å². The molecule has 1 aliphatic carbocycles. The molecule has 1 heterocycles. The minimum atomic E-state index is -0.299. The average molecular weight is 265 g/mol. The molecule has 1 saturated carbocycles. The molecule has 1 fully saturated rings. The van der Waals surface area contributed by atoms with Crippen molar-refractivity contribution in [1.29, 1.82) is 0 Å². The van der Waals surface area contributed by atoms with Crippen LogP contribution in [0.2, 0.25) is 0 Å². The number of amides is 1. The van der Waals surface area contributed by atoms with E-state index in [1.54, 1.807) is 11.8 Å². The van der Waals surface area contributed by atoms with E-state index in [0.717, 1.165) is 18.5 Å². The van der Waals surface area contributed by atoms with Gasteiger partial charge in [0.2, 0.25) is 6.41 Å². The van der Waals surface area contributed by atoms with Crippen LogP contribution in [0.15, 0.2) is 11.3 Å². The summed E-state index contributed by atoms with van der Waals surface area (Å²) in [5.74, 6) is 0.414. The number of carbonyl (C=O) groups excluding carboxylic acids is 2. The highest BCUT2D eigenvalue weighted by Gasteiger charge is 2.29. The van der Waals surface area contributed by atoms with E-state index < -0.39 is 0 Å². The van der Waals surface area contributed by atoms with Gasteiger partial charge in [0.15, 0.2) is 0 Å². The zero-order valence-corrected chi connectivity index (χ0v) is 11.9. The third kappa shape index (κ3) is 3.17. The number of cyclic esters (lactones) is 1. The van der Waals surface area contributed by atoms with Crippen LogP contribution in [0.5, 0.6) is 0 Å². The van der Waals surface area contributed by atoms with Crippen molar-refractivity contribution < 1.29 is 14.3 Å². The average Bonchev–Trinajstić information content (AvgIpc) is 2.73. The van der Waals surface area contributed by atoms with Crippen LogP contribution in [-0.2, 0) is 14.3 Å². The highest BCUT2D eigenvalue weighted by atomic mass is 16.5. The van der Waals surface area contributed by atoms with Gasteiger partial charge < -0.3 is 9.64 Å². The largest absolute Gasteiger partial charge is 0.456 e. The molecular formula is C15H23NO3. The predicted octanol–water partition coefficient (Wildman–Crippen LogP) is 2.63. The van der Waals surface area contributed by atoms with Gasteiger partial charge in [-0.05, 0) is 26.2 Å². The second-order valence-corrected chi connectivity index (χ2v) is 5.75. The number of ether oxygens (including phenoxy) is 1. The minimum Gasteiger partial charge on any atom is -0.456 e. The fourth-order valence-corrected chi connectivity index (χ4v) is 3.19. The Morgan fingerprint density at radius 2 is 2.05 bits per heavy atom. The predicted molar refractivity (Wildman–Crippen MR) is 72.2 cm³/mol. The number of carbonyl (C=O) groups is 2. The molecule has 0 spiro atoms. The molecule has 0 bridgehead atoms. The van der Waals surface area contributed by atoms with E-state index in [-0.39, 0.29) is 18.6 Å². The molecule has 0 aromatic carbocycles. The van der Waals surface area contributed by atoms with Crippen molar-refractivity contribution in [2.45, 2.75) is 58.4 Å². The fourth-order valence-electron chi connectivity index (χ4n) is 3.19. The lowest BCUT2D eigenvalue weighted by Gasteiger charge is -2.30. The van der Waals surface area contributed by atoms with Crippen LogP contribution in [0.3, 0.4) is 0 Å². The smallest absolute Gasteiger partial charge is 0.336 e. The second kappa shape index (κ2) is 6.22. The molecule has 4 nitrogen and oxygen atoms in total. The van der Waals surface area contributed by atoms with Crippen molar-refractivity contribution in [2.24, 2.45) is 5.92 Å². The molecule has 0 N–H and O–H groups in total. The van der Waals surface area contributed by atoms with Gasteiger partial charge in [0, 0.05) is 6.04 Å². The van der Waals surface area contributed by atoms with Gasteiger partial charge in [-0.3, -0.25) is 4.79 Å². The molecule has 0 aromatic rings. The summed E-state index contributed by atoms with van der Waals surface area (Å²) in [7, 11) is 0. The van der Waals surface area contributed by atoms with Gasteiger partial charge in [-0.2, -0.15) is 0 Å². The van der Waals surface area contributed by atoms with E-state index in [9.17, 15) is 9.59 Å². The molecule has 0 aromatic heterocycles. The molecule has 2 aliphatic rings. The molecule has 1 aliphatic heterocycles. The minimum absolute atomic E-state index is 0.139. The highest BCUT2D eigenvalue weighted by Crippen LogP contribution is 2.30. The molecule has 106 valence electrons. The van der Waals surface area contributed by atoms with E-state index in [1.807, 2.05) is 0 Å². The highest BCUT2D eigenvalue weighted by molar-refractivity contribution is 5.91. The van der Waals surface area contributed by atoms with Gasteiger partial charge in [0.05, 0.1) is 11.3 Å². The summed E-state index contributed by atoms with van der Waals surface area (Å²) in [6.07, 6.45) is 8.35. The van der Waals surface area contributed by atoms with Crippen LogP contribution < -0.4 is 0 Å². The fraction of sp³-hybridized carbons (Fsp3) is 0.733. The zero-order chi connectivity index (χ0) is 13.8. The molecule has 0 saturated heterocycles. The van der Waals surface area contributed by atoms with E-state index in [4.69, 9.17) is 4.74 Å². The van der Waals surface area contributed by atoms with Crippen LogP contribution in [-0.4, -0.2) is 29.9 Å². The van der Waals surface area contributed by atoms with Crippen molar-refractivity contribution in [2.75, 3.05) is 6.61 Å². The lowest BCUT2D eigenvalue weighted by molar-refractivity contribution is -0.136. The maximum atomic E-state index is 11.4. The molecule has 0 unspecified atom stereocenters. The topological polar surface area (TPSA) is 46.6 Å². The first-order chi connectivity index (χ1) is 9.13. The summed E-state index contributed by atoms with van der Waals surface area (Å²) in [6, 6.07) is 0.139. The molecular weight excluding hydrogens is 242 g/mol. The Morgan fingerprint density at radius 1 is 1.37 bits per heavy atom. The number of hydrogen-bond acceptors (Lipinski definition) is 3. The molecule has 1 atom stereocenters. The van der Waals surface area contributed by atoms with E-state index in [0.29, 0.717) is 11.5 Å². The SMILES string of the molecule is CC1=C(N(C=O)[C@H](C)CC2CCCCC2)COC1=O. The van der Waals surface area contributed by atoms with E-state index >= 15 is 0 Å². The molecule has 0 radical (unpaired) electrons.